The zero-order valence-corrected chi connectivity index (χ0v) is 9.28. The minimum absolute atomic E-state index is 0.0408. The molecule has 90 valence electrons. The highest BCUT2D eigenvalue weighted by molar-refractivity contribution is 6.34. The molecule has 0 saturated carbocycles. The third-order valence-electron chi connectivity index (χ3n) is 1.84. The van der Waals surface area contributed by atoms with E-state index in [1.165, 1.54) is 0 Å². The van der Waals surface area contributed by atoms with Crippen LogP contribution in [0.5, 0.6) is 0 Å². The molecule has 1 rings (SSSR count). The van der Waals surface area contributed by atoms with E-state index in [0.717, 1.165) is 7.05 Å². The van der Waals surface area contributed by atoms with E-state index >= 15 is 0 Å². The molecule has 0 unspecified atom stereocenters. The van der Waals surface area contributed by atoms with Crippen LogP contribution in [0.15, 0.2) is 0 Å². The second-order valence-electron chi connectivity index (χ2n) is 3.29. The lowest BCUT2D eigenvalue weighted by atomic mass is 10.3. The largest absolute Gasteiger partial charge is 0.406 e. The molecule has 0 fully saturated rings. The predicted molar refractivity (Wildman–Crippen MR) is 51.4 cm³/mol. The Hall–Kier alpha value is -1.24. The van der Waals surface area contributed by atoms with Gasteiger partial charge in [0.1, 0.15) is 6.54 Å². The third kappa shape index (κ3) is 2.88. The summed E-state index contributed by atoms with van der Waals surface area (Å²) in [6.07, 6.45) is -4.44. The fourth-order valence-corrected chi connectivity index (χ4v) is 1.24. The number of alkyl halides is 3. The van der Waals surface area contributed by atoms with Gasteiger partial charge in [0.25, 0.3) is 5.91 Å². The van der Waals surface area contributed by atoms with E-state index in [1.807, 2.05) is 0 Å². The third-order valence-corrected chi connectivity index (χ3v) is 2.30. The number of hydrogen-bond acceptors (Lipinski definition) is 2. The number of aromatic amines is 1. The Morgan fingerprint density at radius 1 is 1.56 bits per heavy atom. The van der Waals surface area contributed by atoms with Crippen molar-refractivity contribution in [2.24, 2.45) is 0 Å². The summed E-state index contributed by atoms with van der Waals surface area (Å²) in [6, 6.07) is 0. The van der Waals surface area contributed by atoms with Gasteiger partial charge in [-0.1, -0.05) is 11.6 Å². The van der Waals surface area contributed by atoms with Crippen molar-refractivity contribution >= 4 is 17.5 Å². The smallest absolute Gasteiger partial charge is 0.331 e. The van der Waals surface area contributed by atoms with Crippen LogP contribution in [0.4, 0.5) is 13.2 Å². The van der Waals surface area contributed by atoms with Gasteiger partial charge < -0.3 is 4.90 Å². The summed E-state index contributed by atoms with van der Waals surface area (Å²) in [4.78, 5) is 12.0. The van der Waals surface area contributed by atoms with Crippen LogP contribution in [0.3, 0.4) is 0 Å². The molecule has 1 aromatic rings. The number of amides is 1. The zero-order valence-electron chi connectivity index (χ0n) is 8.52. The van der Waals surface area contributed by atoms with Gasteiger partial charge in [-0.3, -0.25) is 9.89 Å². The zero-order chi connectivity index (χ0) is 12.5. The molecule has 16 heavy (non-hydrogen) atoms. The van der Waals surface area contributed by atoms with E-state index in [-0.39, 0.29) is 10.7 Å². The summed E-state index contributed by atoms with van der Waals surface area (Å²) in [6.45, 7) is 0.226. The molecular weight excluding hydrogens is 247 g/mol. The van der Waals surface area contributed by atoms with Crippen molar-refractivity contribution < 1.29 is 18.0 Å². The summed E-state index contributed by atoms with van der Waals surface area (Å²) in [7, 11) is 1.04. The molecule has 0 bridgehead atoms. The highest BCUT2D eigenvalue weighted by Crippen LogP contribution is 2.21. The first-order valence-electron chi connectivity index (χ1n) is 4.25. The van der Waals surface area contributed by atoms with Crippen molar-refractivity contribution in [3.63, 3.8) is 0 Å². The van der Waals surface area contributed by atoms with Gasteiger partial charge in [0, 0.05) is 7.05 Å². The molecule has 8 heteroatoms. The molecule has 0 saturated heterocycles. The van der Waals surface area contributed by atoms with Gasteiger partial charge >= 0.3 is 6.18 Å². The van der Waals surface area contributed by atoms with E-state index in [4.69, 9.17) is 11.6 Å². The molecule has 0 radical (unpaired) electrons. The second-order valence-corrected chi connectivity index (χ2v) is 3.67. The van der Waals surface area contributed by atoms with E-state index in [2.05, 4.69) is 10.2 Å². The summed E-state index contributed by atoms with van der Waals surface area (Å²) < 4.78 is 36.1. The topological polar surface area (TPSA) is 49.0 Å². The highest BCUT2D eigenvalue weighted by atomic mass is 35.5. The van der Waals surface area contributed by atoms with E-state index in [9.17, 15) is 18.0 Å². The molecule has 1 aromatic heterocycles. The van der Waals surface area contributed by atoms with Crippen LogP contribution in [0.25, 0.3) is 0 Å². The molecule has 0 atom stereocenters. The lowest BCUT2D eigenvalue weighted by Gasteiger charge is -2.17. The van der Waals surface area contributed by atoms with Crippen molar-refractivity contribution in [2.45, 2.75) is 13.1 Å². The fourth-order valence-electron chi connectivity index (χ4n) is 1.08. The molecule has 0 spiro atoms. The predicted octanol–water partition coefficient (Wildman–Crippen LogP) is 2.01. The van der Waals surface area contributed by atoms with Crippen LogP contribution in [-0.2, 0) is 0 Å². The highest BCUT2D eigenvalue weighted by Gasteiger charge is 2.32. The monoisotopic (exact) mass is 255 g/mol. The second kappa shape index (κ2) is 4.32. The van der Waals surface area contributed by atoms with Crippen LogP contribution in [0, 0.1) is 6.92 Å². The van der Waals surface area contributed by atoms with Crippen LogP contribution in [0.2, 0.25) is 5.02 Å². The molecular formula is C8H9ClF3N3O. The molecule has 1 amide bonds. The van der Waals surface area contributed by atoms with Gasteiger partial charge in [-0.25, -0.2) is 0 Å². The van der Waals surface area contributed by atoms with Gasteiger partial charge in [0.15, 0.2) is 5.69 Å². The number of hydrogen-bond donors (Lipinski definition) is 1. The molecule has 1 heterocycles. The molecule has 0 aliphatic rings. The maximum atomic E-state index is 12.0. The van der Waals surface area contributed by atoms with Crippen molar-refractivity contribution in [3.8, 4) is 0 Å². The Morgan fingerprint density at radius 2 is 2.12 bits per heavy atom. The average molecular weight is 256 g/mol. The van der Waals surface area contributed by atoms with Gasteiger partial charge in [-0.05, 0) is 6.92 Å². The Kier molecular flexibility index (Phi) is 3.47. The standard InChI is InChI=1S/C8H9ClF3N3O/c1-4-5(9)6(14-13-4)7(16)15(2)3-8(10,11)12/h3H2,1-2H3,(H,13,14). The number of aryl methyl sites for hydroxylation is 1. The van der Waals surface area contributed by atoms with Crippen LogP contribution >= 0.6 is 11.6 Å². The first-order chi connectivity index (χ1) is 7.22. The molecule has 0 aliphatic carbocycles. The first-order valence-corrected chi connectivity index (χ1v) is 4.63. The normalized spacial score (nSPS) is 11.6. The minimum Gasteiger partial charge on any atom is -0.331 e. The Labute approximate surface area is 94.4 Å². The minimum atomic E-state index is -4.44. The fraction of sp³-hybridized carbons (Fsp3) is 0.500. The van der Waals surface area contributed by atoms with Gasteiger partial charge in [0.2, 0.25) is 0 Å². The number of H-pyrrole nitrogens is 1. The molecule has 0 aliphatic heterocycles. The van der Waals surface area contributed by atoms with E-state index in [0.29, 0.717) is 10.6 Å². The Balaban J connectivity index is 2.83. The van der Waals surface area contributed by atoms with Crippen LogP contribution < -0.4 is 0 Å². The van der Waals surface area contributed by atoms with Gasteiger partial charge in [0.05, 0.1) is 10.7 Å². The maximum Gasteiger partial charge on any atom is 0.406 e. The van der Waals surface area contributed by atoms with Crippen molar-refractivity contribution in [1.82, 2.24) is 15.1 Å². The van der Waals surface area contributed by atoms with Crippen molar-refractivity contribution in [1.29, 1.82) is 0 Å². The van der Waals surface area contributed by atoms with Gasteiger partial charge in [-0.15, -0.1) is 0 Å². The average Bonchev–Trinajstić information content (AvgIpc) is 2.44. The lowest BCUT2D eigenvalue weighted by molar-refractivity contribution is -0.138. The number of carbonyl (C=O) groups excluding carboxylic acids is 1. The Bertz CT molecular complexity index is 402. The quantitative estimate of drug-likeness (QED) is 0.879. The molecule has 1 N–H and O–H groups in total. The number of aromatic nitrogens is 2. The van der Waals surface area contributed by atoms with E-state index < -0.39 is 18.6 Å². The summed E-state index contributed by atoms with van der Waals surface area (Å²) >= 11 is 5.70. The van der Waals surface area contributed by atoms with Gasteiger partial charge in [-0.2, -0.15) is 18.3 Å². The SMILES string of the molecule is Cc1[nH]nc(C(=O)N(C)CC(F)(F)F)c1Cl. The lowest BCUT2D eigenvalue weighted by Crippen LogP contribution is -2.36. The molecule has 4 nitrogen and oxygen atoms in total. The Morgan fingerprint density at radius 3 is 2.50 bits per heavy atom. The van der Waals surface area contributed by atoms with E-state index in [1.54, 1.807) is 6.92 Å². The summed E-state index contributed by atoms with van der Waals surface area (Å²) in [5, 5.41) is 6.02. The maximum absolute atomic E-state index is 12.0. The van der Waals surface area contributed by atoms with Crippen LogP contribution in [0.1, 0.15) is 16.2 Å². The number of nitrogens with zero attached hydrogens (tertiary/aromatic N) is 2. The number of halogens is 4. The number of rotatable bonds is 2. The van der Waals surface area contributed by atoms with Crippen LogP contribution in [-0.4, -0.2) is 40.8 Å². The summed E-state index contributed by atoms with van der Waals surface area (Å²) in [5.74, 6) is -0.869. The summed E-state index contributed by atoms with van der Waals surface area (Å²) in [5.41, 5.74) is 0.233. The number of nitrogens with one attached hydrogen (secondary N) is 1. The van der Waals surface area contributed by atoms with Crippen molar-refractivity contribution in [3.05, 3.63) is 16.4 Å². The first kappa shape index (κ1) is 12.8. The van der Waals surface area contributed by atoms with Crippen molar-refractivity contribution in [2.75, 3.05) is 13.6 Å². The molecule has 0 aromatic carbocycles. The number of carbonyl (C=O) groups is 1.